The molecular weight excluding hydrogens is 470 g/mol. The van der Waals surface area contributed by atoms with E-state index in [-0.39, 0.29) is 35.3 Å². The largest absolute Gasteiger partial charge is 0.431 e. The van der Waals surface area contributed by atoms with Crippen LogP contribution in [0.3, 0.4) is 0 Å². The summed E-state index contributed by atoms with van der Waals surface area (Å²) in [6.07, 6.45) is -4.35. The summed E-state index contributed by atoms with van der Waals surface area (Å²) in [6, 6.07) is 2.94. The van der Waals surface area contributed by atoms with Crippen LogP contribution in [0.5, 0.6) is 0 Å². The Labute approximate surface area is 169 Å². The standard InChI is InChI=1S/C18H13BrF6N2O2/c19-10-2-1-9-13(14(10)20)11(28)3-4-17(9)7-27-6-8(18(23,24)25)5-12(15(27)26-17)29-16(21)22/h1-2,5-6,11,16,28H,3-4,7H2. The van der Waals surface area contributed by atoms with E-state index in [4.69, 9.17) is 0 Å². The Kier molecular flexibility index (Phi) is 4.73. The fourth-order valence-electron chi connectivity index (χ4n) is 3.94. The molecule has 0 aromatic heterocycles. The quantitative estimate of drug-likeness (QED) is 0.609. The topological polar surface area (TPSA) is 45.1 Å². The molecule has 1 N–H and O–H groups in total. The smallest absolute Gasteiger partial charge is 0.417 e. The molecule has 0 saturated heterocycles. The number of amidine groups is 1. The second-order valence-electron chi connectivity index (χ2n) is 6.94. The van der Waals surface area contributed by atoms with Gasteiger partial charge in [0.2, 0.25) is 0 Å². The van der Waals surface area contributed by atoms with E-state index in [1.807, 2.05) is 0 Å². The minimum atomic E-state index is -4.78. The average Bonchev–Trinajstić information content (AvgIpc) is 2.99. The van der Waals surface area contributed by atoms with E-state index in [2.05, 4.69) is 25.7 Å². The van der Waals surface area contributed by atoms with Crippen LogP contribution >= 0.6 is 15.9 Å². The maximum atomic E-state index is 14.6. The molecule has 3 aliphatic rings. The number of benzene rings is 1. The predicted octanol–water partition coefficient (Wildman–Crippen LogP) is 4.91. The van der Waals surface area contributed by atoms with Gasteiger partial charge in [-0.3, -0.25) is 4.99 Å². The number of alkyl halides is 5. The summed E-state index contributed by atoms with van der Waals surface area (Å²) >= 11 is 3.05. The van der Waals surface area contributed by atoms with E-state index in [1.165, 1.54) is 12.1 Å². The van der Waals surface area contributed by atoms with Crippen LogP contribution in [-0.4, -0.2) is 35.2 Å². The fourth-order valence-corrected chi connectivity index (χ4v) is 4.29. The molecule has 11 heteroatoms. The fraction of sp³-hybridized carbons (Fsp3) is 0.389. The molecule has 1 aromatic carbocycles. The van der Waals surface area contributed by atoms with Crippen LogP contribution in [0.2, 0.25) is 0 Å². The summed E-state index contributed by atoms with van der Waals surface area (Å²) in [5.74, 6) is -1.59. The lowest BCUT2D eigenvalue weighted by molar-refractivity contribution is -0.0981. The maximum absolute atomic E-state index is 14.6. The second kappa shape index (κ2) is 6.76. The van der Waals surface area contributed by atoms with E-state index in [1.54, 1.807) is 0 Å². The van der Waals surface area contributed by atoms with Crippen molar-refractivity contribution >= 4 is 21.8 Å². The molecular formula is C18H13BrF6N2O2. The lowest BCUT2D eigenvalue weighted by Gasteiger charge is -2.36. The number of fused-ring (bicyclic) bond motifs is 3. The van der Waals surface area contributed by atoms with Crippen molar-refractivity contribution in [1.29, 1.82) is 0 Å². The van der Waals surface area contributed by atoms with Gasteiger partial charge < -0.3 is 14.7 Å². The lowest BCUT2D eigenvalue weighted by atomic mass is 9.75. The molecule has 1 spiro atoms. The first-order chi connectivity index (χ1) is 13.5. The highest BCUT2D eigenvalue weighted by molar-refractivity contribution is 9.10. The Morgan fingerprint density at radius 1 is 1.31 bits per heavy atom. The first kappa shape index (κ1) is 20.3. The SMILES string of the molecule is OC1CCC2(CN3C=C(C(F)(F)F)C=C(OC(F)F)C3=N2)c2ccc(Br)c(F)c21. The lowest BCUT2D eigenvalue weighted by Crippen LogP contribution is -2.37. The minimum absolute atomic E-state index is 0.00449. The Morgan fingerprint density at radius 3 is 2.69 bits per heavy atom. The van der Waals surface area contributed by atoms with Crippen molar-refractivity contribution in [1.82, 2.24) is 4.90 Å². The molecule has 2 atom stereocenters. The van der Waals surface area contributed by atoms with E-state index >= 15 is 0 Å². The van der Waals surface area contributed by atoms with Crippen LogP contribution in [0, 0.1) is 5.82 Å². The van der Waals surface area contributed by atoms with E-state index in [9.17, 15) is 31.4 Å². The normalized spacial score (nSPS) is 26.2. The average molecular weight is 483 g/mol. The molecule has 0 radical (unpaired) electrons. The number of hydrogen-bond acceptors (Lipinski definition) is 4. The predicted molar refractivity (Wildman–Crippen MR) is 93.4 cm³/mol. The molecule has 0 saturated carbocycles. The summed E-state index contributed by atoms with van der Waals surface area (Å²) in [6.45, 7) is -3.48. The minimum Gasteiger partial charge on any atom is -0.431 e. The van der Waals surface area contributed by atoms with Gasteiger partial charge in [-0.1, -0.05) is 6.07 Å². The van der Waals surface area contributed by atoms with Crippen molar-refractivity contribution in [3.8, 4) is 0 Å². The molecule has 0 bridgehead atoms. The molecule has 1 aromatic rings. The van der Waals surface area contributed by atoms with Gasteiger partial charge in [-0.15, -0.1) is 0 Å². The highest BCUT2D eigenvalue weighted by Gasteiger charge is 2.49. The van der Waals surface area contributed by atoms with Gasteiger partial charge in [0.25, 0.3) is 0 Å². The Balaban J connectivity index is 1.84. The van der Waals surface area contributed by atoms with E-state index < -0.39 is 41.6 Å². The third-order valence-electron chi connectivity index (χ3n) is 5.17. The monoisotopic (exact) mass is 482 g/mol. The molecule has 1 aliphatic carbocycles. The van der Waals surface area contributed by atoms with Crippen LogP contribution in [0.15, 0.2) is 45.2 Å². The zero-order chi connectivity index (χ0) is 21.1. The van der Waals surface area contributed by atoms with Crippen LogP contribution in [0.25, 0.3) is 0 Å². The van der Waals surface area contributed by atoms with Gasteiger partial charge in [-0.25, -0.2) is 4.39 Å². The number of aliphatic imine (C=N–C) groups is 1. The highest BCUT2D eigenvalue weighted by Crippen LogP contribution is 2.49. The molecule has 2 aliphatic heterocycles. The summed E-state index contributed by atoms with van der Waals surface area (Å²) in [5.41, 5.74) is -2.07. The summed E-state index contributed by atoms with van der Waals surface area (Å²) in [4.78, 5) is 5.49. The van der Waals surface area contributed by atoms with Crippen molar-refractivity contribution in [2.75, 3.05) is 6.54 Å². The number of aliphatic hydroxyl groups excluding tert-OH is 1. The number of hydrogen-bond donors (Lipinski definition) is 1. The van der Waals surface area contributed by atoms with Gasteiger partial charge in [0.1, 0.15) is 11.4 Å². The van der Waals surface area contributed by atoms with Crippen LogP contribution in [0.4, 0.5) is 26.3 Å². The molecule has 29 heavy (non-hydrogen) atoms. The van der Waals surface area contributed by atoms with Crippen molar-refractivity contribution in [2.45, 2.75) is 37.3 Å². The third-order valence-corrected chi connectivity index (χ3v) is 5.78. The van der Waals surface area contributed by atoms with E-state index in [0.717, 1.165) is 11.1 Å². The highest BCUT2D eigenvalue weighted by atomic mass is 79.9. The van der Waals surface area contributed by atoms with Crippen molar-refractivity contribution in [3.05, 3.63) is 57.2 Å². The molecule has 0 amide bonds. The van der Waals surface area contributed by atoms with Gasteiger partial charge in [0.15, 0.2) is 11.6 Å². The Morgan fingerprint density at radius 2 is 2.03 bits per heavy atom. The number of halogens is 7. The summed E-state index contributed by atoms with van der Waals surface area (Å²) in [7, 11) is 0. The van der Waals surface area contributed by atoms with Gasteiger partial charge >= 0.3 is 12.8 Å². The molecule has 156 valence electrons. The first-order valence-electron chi connectivity index (χ1n) is 8.51. The number of ether oxygens (including phenoxy) is 1. The summed E-state index contributed by atoms with van der Waals surface area (Å²) < 4.78 is 84.3. The van der Waals surface area contributed by atoms with Crippen molar-refractivity contribution in [2.24, 2.45) is 4.99 Å². The maximum Gasteiger partial charge on any atom is 0.417 e. The van der Waals surface area contributed by atoms with Crippen molar-refractivity contribution in [3.63, 3.8) is 0 Å². The van der Waals surface area contributed by atoms with Gasteiger partial charge in [0.05, 0.1) is 22.7 Å². The Hall–Kier alpha value is -2.01. The first-order valence-corrected chi connectivity index (χ1v) is 9.30. The number of aliphatic hydroxyl groups is 1. The number of allylic oxidation sites excluding steroid dienone is 2. The van der Waals surface area contributed by atoms with Crippen LogP contribution in [0.1, 0.15) is 30.1 Å². The number of nitrogens with zero attached hydrogens (tertiary/aromatic N) is 2. The van der Waals surface area contributed by atoms with Crippen molar-refractivity contribution < 1.29 is 36.2 Å². The number of rotatable bonds is 2. The van der Waals surface area contributed by atoms with Gasteiger partial charge in [-0.05, 0) is 46.5 Å². The zero-order valence-electron chi connectivity index (χ0n) is 14.5. The van der Waals surface area contributed by atoms with E-state index in [0.29, 0.717) is 11.6 Å². The second-order valence-corrected chi connectivity index (χ2v) is 7.80. The van der Waals surface area contributed by atoms with Crippen LogP contribution in [-0.2, 0) is 10.3 Å². The zero-order valence-corrected chi connectivity index (χ0v) is 16.1. The molecule has 4 nitrogen and oxygen atoms in total. The molecule has 0 fully saturated rings. The Bertz CT molecular complexity index is 958. The van der Waals surface area contributed by atoms with Gasteiger partial charge in [0, 0.05) is 11.8 Å². The summed E-state index contributed by atoms with van der Waals surface area (Å²) in [5, 5.41) is 10.3. The third kappa shape index (κ3) is 3.33. The molecule has 4 rings (SSSR count). The molecule has 2 heterocycles. The van der Waals surface area contributed by atoms with Crippen LogP contribution < -0.4 is 0 Å². The van der Waals surface area contributed by atoms with Gasteiger partial charge in [-0.2, -0.15) is 22.0 Å². The molecule has 2 unspecified atom stereocenters.